The summed E-state index contributed by atoms with van der Waals surface area (Å²) in [5, 5.41) is 0. The Balaban J connectivity index is 1.74. The minimum Gasteiger partial charge on any atom is -0.497 e. The van der Waals surface area contributed by atoms with Crippen molar-refractivity contribution in [3.63, 3.8) is 0 Å². The summed E-state index contributed by atoms with van der Waals surface area (Å²) in [5.74, 6) is 1.52. The lowest BCUT2D eigenvalue weighted by Crippen LogP contribution is -2.48. The Hall–Kier alpha value is -3.12. The molecule has 6 nitrogen and oxygen atoms in total. The van der Waals surface area contributed by atoms with Gasteiger partial charge in [-0.25, -0.2) is 4.98 Å². The Bertz CT molecular complexity index is 1090. The fourth-order valence-corrected chi connectivity index (χ4v) is 4.22. The maximum Gasteiger partial charge on any atom is 0.259 e. The van der Waals surface area contributed by atoms with Gasteiger partial charge in [-0.05, 0) is 43.2 Å². The number of anilines is 2. The molecule has 6 heteroatoms. The highest BCUT2D eigenvalue weighted by Crippen LogP contribution is 2.29. The highest BCUT2D eigenvalue weighted by molar-refractivity contribution is 5.59. The first-order valence-electron chi connectivity index (χ1n) is 11.4. The van der Waals surface area contributed by atoms with Crippen molar-refractivity contribution in [1.82, 2.24) is 14.5 Å². The van der Waals surface area contributed by atoms with Crippen LogP contribution < -0.4 is 15.2 Å². The minimum absolute atomic E-state index is 0.0510. The summed E-state index contributed by atoms with van der Waals surface area (Å²) in [4.78, 5) is 23.0. The van der Waals surface area contributed by atoms with Gasteiger partial charge in [0.15, 0.2) is 0 Å². The number of aromatic nitrogens is 2. The van der Waals surface area contributed by atoms with Crippen LogP contribution in [0.4, 0.5) is 11.6 Å². The molecule has 1 aromatic heterocycles. The molecule has 0 saturated heterocycles. The van der Waals surface area contributed by atoms with E-state index >= 15 is 0 Å². The van der Waals surface area contributed by atoms with Gasteiger partial charge in [0.2, 0.25) is 5.95 Å². The van der Waals surface area contributed by atoms with Gasteiger partial charge in [-0.1, -0.05) is 50.1 Å². The summed E-state index contributed by atoms with van der Waals surface area (Å²) >= 11 is 0. The number of benzene rings is 2. The number of methoxy groups -OCH3 is 1. The molecule has 0 spiro atoms. The zero-order valence-electron chi connectivity index (χ0n) is 19.3. The van der Waals surface area contributed by atoms with Gasteiger partial charge in [0.05, 0.1) is 26.1 Å². The molecule has 1 aliphatic rings. The Kier molecular flexibility index (Phi) is 6.90. The van der Waals surface area contributed by atoms with E-state index in [1.807, 2.05) is 54.0 Å². The smallest absolute Gasteiger partial charge is 0.259 e. The third-order valence-electron chi connectivity index (χ3n) is 6.06. The lowest BCUT2D eigenvalue weighted by Gasteiger charge is -2.38. The quantitative estimate of drug-likeness (QED) is 0.483. The maximum atomic E-state index is 13.6. The van der Waals surface area contributed by atoms with Crippen LogP contribution in [-0.2, 0) is 13.1 Å². The van der Waals surface area contributed by atoms with E-state index in [0.717, 1.165) is 41.2 Å². The first-order chi connectivity index (χ1) is 15.6. The van der Waals surface area contributed by atoms with E-state index in [1.54, 1.807) is 7.11 Å². The molecule has 32 heavy (non-hydrogen) atoms. The molecule has 0 amide bonds. The number of hydrogen-bond acceptors (Lipinski definition) is 5. The van der Waals surface area contributed by atoms with Gasteiger partial charge in [0, 0.05) is 24.2 Å². The third-order valence-corrected chi connectivity index (χ3v) is 6.06. The number of unbranched alkanes of at least 4 members (excludes halogenated alkanes) is 2. The van der Waals surface area contributed by atoms with Crippen molar-refractivity contribution in [2.45, 2.75) is 46.2 Å². The van der Waals surface area contributed by atoms with Gasteiger partial charge < -0.3 is 4.74 Å². The van der Waals surface area contributed by atoms with Crippen molar-refractivity contribution in [1.29, 1.82) is 0 Å². The van der Waals surface area contributed by atoms with Crippen LogP contribution in [0.2, 0.25) is 0 Å². The number of aryl methyl sites for hydroxylation is 1. The second-order valence-corrected chi connectivity index (χ2v) is 8.38. The lowest BCUT2D eigenvalue weighted by molar-refractivity contribution is 0.194. The first kappa shape index (κ1) is 22.1. The summed E-state index contributed by atoms with van der Waals surface area (Å²) in [6.07, 6.45) is 4.07. The molecule has 1 aliphatic heterocycles. The van der Waals surface area contributed by atoms with E-state index in [4.69, 9.17) is 9.72 Å². The minimum atomic E-state index is 0.0510. The van der Waals surface area contributed by atoms with Crippen LogP contribution in [0.15, 0.2) is 59.4 Å². The Morgan fingerprint density at radius 2 is 1.75 bits per heavy atom. The monoisotopic (exact) mass is 432 g/mol. The molecule has 0 aliphatic carbocycles. The highest BCUT2D eigenvalue weighted by Gasteiger charge is 2.27. The van der Waals surface area contributed by atoms with Crippen molar-refractivity contribution in [3.05, 3.63) is 81.8 Å². The molecule has 2 heterocycles. The van der Waals surface area contributed by atoms with Crippen LogP contribution in [0.1, 0.15) is 43.0 Å². The van der Waals surface area contributed by atoms with Crippen molar-refractivity contribution in [3.8, 4) is 5.75 Å². The zero-order chi connectivity index (χ0) is 22.5. The van der Waals surface area contributed by atoms with Crippen LogP contribution in [0.5, 0.6) is 5.75 Å². The van der Waals surface area contributed by atoms with Crippen molar-refractivity contribution in [2.24, 2.45) is 0 Å². The van der Waals surface area contributed by atoms with E-state index in [9.17, 15) is 4.79 Å². The largest absolute Gasteiger partial charge is 0.497 e. The van der Waals surface area contributed by atoms with Gasteiger partial charge in [0.1, 0.15) is 5.75 Å². The number of nitrogens with zero attached hydrogens (tertiary/aromatic N) is 4. The Morgan fingerprint density at radius 3 is 2.44 bits per heavy atom. The van der Waals surface area contributed by atoms with Crippen molar-refractivity contribution in [2.75, 3.05) is 25.2 Å². The third kappa shape index (κ3) is 4.70. The molecule has 0 radical (unpaired) electrons. The molecule has 4 rings (SSSR count). The summed E-state index contributed by atoms with van der Waals surface area (Å²) in [5.41, 5.74) is 3.74. The average Bonchev–Trinajstić information content (AvgIpc) is 2.83. The number of hydrogen-bond donors (Lipinski definition) is 0. The topological polar surface area (TPSA) is 50.6 Å². The summed E-state index contributed by atoms with van der Waals surface area (Å²) in [6, 6.07) is 18.1. The van der Waals surface area contributed by atoms with E-state index in [2.05, 4.69) is 28.9 Å². The van der Waals surface area contributed by atoms with Crippen LogP contribution in [0.3, 0.4) is 0 Å². The van der Waals surface area contributed by atoms with Crippen LogP contribution in [0, 0.1) is 6.92 Å². The second kappa shape index (κ2) is 10.0. The standard InChI is InChI=1S/C26H32N4O2/c1-4-5-9-16-28-18-29(22-12-14-23(32-3)15-13-22)26-27-20(2)24(25(31)30(26)19-28)17-21-10-7-6-8-11-21/h6-8,10-15H,4-5,9,16-19H2,1-3H3. The molecule has 0 unspecified atom stereocenters. The van der Waals surface area contributed by atoms with Gasteiger partial charge in [-0.15, -0.1) is 0 Å². The molecule has 0 fully saturated rings. The fraction of sp³-hybridized carbons (Fsp3) is 0.385. The predicted molar refractivity (Wildman–Crippen MR) is 129 cm³/mol. The van der Waals surface area contributed by atoms with E-state index in [-0.39, 0.29) is 5.56 Å². The van der Waals surface area contributed by atoms with Crippen molar-refractivity contribution < 1.29 is 4.74 Å². The lowest BCUT2D eigenvalue weighted by atomic mass is 10.1. The fourth-order valence-electron chi connectivity index (χ4n) is 4.22. The van der Waals surface area contributed by atoms with Gasteiger partial charge >= 0.3 is 0 Å². The van der Waals surface area contributed by atoms with Gasteiger partial charge in [-0.3, -0.25) is 19.2 Å². The SMILES string of the molecule is CCCCCN1CN(c2ccc(OC)cc2)c2nc(C)c(Cc3ccccc3)c(=O)n2C1. The van der Waals surface area contributed by atoms with E-state index in [1.165, 1.54) is 12.8 Å². The molecule has 3 aromatic rings. The van der Waals surface area contributed by atoms with Gasteiger partial charge in [0.25, 0.3) is 5.56 Å². The summed E-state index contributed by atoms with van der Waals surface area (Å²) < 4.78 is 7.16. The molecule has 168 valence electrons. The maximum absolute atomic E-state index is 13.6. The number of rotatable bonds is 8. The molecule has 0 bridgehead atoms. The van der Waals surface area contributed by atoms with Gasteiger partial charge in [-0.2, -0.15) is 0 Å². The van der Waals surface area contributed by atoms with Crippen LogP contribution >= 0.6 is 0 Å². The summed E-state index contributed by atoms with van der Waals surface area (Å²) in [7, 11) is 1.67. The highest BCUT2D eigenvalue weighted by atomic mass is 16.5. The van der Waals surface area contributed by atoms with E-state index < -0.39 is 0 Å². The predicted octanol–water partition coefficient (Wildman–Crippen LogP) is 4.71. The number of fused-ring (bicyclic) bond motifs is 1. The van der Waals surface area contributed by atoms with Crippen LogP contribution in [-0.4, -0.2) is 34.8 Å². The Labute approximate surface area is 190 Å². The van der Waals surface area contributed by atoms with Crippen molar-refractivity contribution >= 4 is 11.6 Å². The molecule has 0 atom stereocenters. The molecule has 0 N–H and O–H groups in total. The molecule has 2 aromatic carbocycles. The first-order valence-corrected chi connectivity index (χ1v) is 11.4. The Morgan fingerprint density at radius 1 is 1.00 bits per heavy atom. The normalized spacial score (nSPS) is 13.8. The zero-order valence-corrected chi connectivity index (χ0v) is 19.3. The summed E-state index contributed by atoms with van der Waals surface area (Å²) in [6.45, 7) is 6.39. The molecule has 0 saturated carbocycles. The van der Waals surface area contributed by atoms with Crippen LogP contribution in [0.25, 0.3) is 0 Å². The average molecular weight is 433 g/mol. The molecular formula is C26H32N4O2. The number of ether oxygens (including phenoxy) is 1. The molecular weight excluding hydrogens is 400 g/mol. The second-order valence-electron chi connectivity index (χ2n) is 8.38. The van der Waals surface area contributed by atoms with E-state index in [0.29, 0.717) is 25.7 Å².